The van der Waals surface area contributed by atoms with Crippen LogP contribution in [-0.4, -0.2) is 21.4 Å². The molecule has 1 aromatic heterocycles. The zero-order valence-corrected chi connectivity index (χ0v) is 22.4. The van der Waals surface area contributed by atoms with E-state index in [9.17, 15) is 17.6 Å². The van der Waals surface area contributed by atoms with Gasteiger partial charge in [-0.3, -0.25) is 9.52 Å². The quantitative estimate of drug-likeness (QED) is 0.183. The number of hydrogen-bond acceptors (Lipinski definition) is 6. The van der Waals surface area contributed by atoms with Crippen molar-refractivity contribution in [1.82, 2.24) is 3.64 Å². The Bertz CT molecular complexity index is 1270. The number of carbonyl (C=O) groups excluding carboxylic acids is 1. The zero-order chi connectivity index (χ0) is 24.2. The molecular formula is C22H24ClFIN3O5S. The first-order chi connectivity index (χ1) is 15.7. The monoisotopic (exact) mass is 623 g/mol. The van der Waals surface area contributed by atoms with Crippen LogP contribution in [0.3, 0.4) is 0 Å². The molecule has 0 aliphatic rings. The van der Waals surface area contributed by atoms with E-state index in [2.05, 4.69) is 8.36 Å². The fourth-order valence-corrected chi connectivity index (χ4v) is 4.75. The second-order valence-electron chi connectivity index (χ2n) is 7.11. The van der Waals surface area contributed by atoms with Gasteiger partial charge >= 0.3 is 0 Å². The summed E-state index contributed by atoms with van der Waals surface area (Å²) in [4.78, 5) is 12.1. The highest BCUT2D eigenvalue weighted by Gasteiger charge is 2.22. The number of sulfonamides is 1. The van der Waals surface area contributed by atoms with Crippen molar-refractivity contribution >= 4 is 62.6 Å². The smallest absolute Gasteiger partial charge is 0.262 e. The fourth-order valence-electron chi connectivity index (χ4n) is 3.13. The second-order valence-corrected chi connectivity index (χ2v) is 9.27. The number of benzene rings is 2. The lowest BCUT2D eigenvalue weighted by atomic mass is 10.1. The Hall–Kier alpha value is -2.35. The third-order valence-corrected chi connectivity index (χ3v) is 6.59. The number of halogens is 3. The number of nitrogens with one attached hydrogen (secondary N) is 2. The Kier molecular flexibility index (Phi) is 9.74. The Balaban J connectivity index is 0.00000408. The molecule has 12 heteroatoms. The van der Waals surface area contributed by atoms with E-state index in [4.69, 9.17) is 9.15 Å². The SMILES string of the molecule is CCCC(=O)N(NI)c1ccc(OC)c(NS(=O)(=O)c2ccc(-c3ccc(C)o3)c(F)c2)c1.Cl. The summed E-state index contributed by atoms with van der Waals surface area (Å²) in [6, 6.07) is 11.5. The van der Waals surface area contributed by atoms with Crippen LogP contribution < -0.4 is 18.1 Å². The van der Waals surface area contributed by atoms with E-state index < -0.39 is 15.8 Å². The van der Waals surface area contributed by atoms with Gasteiger partial charge in [-0.1, -0.05) is 6.92 Å². The number of rotatable bonds is 9. The van der Waals surface area contributed by atoms with Crippen molar-refractivity contribution in [3.63, 3.8) is 0 Å². The van der Waals surface area contributed by atoms with Crippen LogP contribution >= 0.6 is 35.3 Å². The highest BCUT2D eigenvalue weighted by molar-refractivity contribution is 14.1. The number of nitrogens with zero attached hydrogens (tertiary/aromatic N) is 1. The third-order valence-electron chi connectivity index (χ3n) is 4.74. The molecule has 2 aromatic carbocycles. The van der Waals surface area contributed by atoms with Gasteiger partial charge in [-0.05, 0) is 61.9 Å². The maximum absolute atomic E-state index is 14.7. The van der Waals surface area contributed by atoms with Gasteiger partial charge in [0.1, 0.15) is 23.1 Å². The zero-order valence-electron chi connectivity index (χ0n) is 18.6. The second kappa shape index (κ2) is 11.9. The minimum absolute atomic E-state index is 0. The van der Waals surface area contributed by atoms with E-state index in [1.807, 2.05) is 29.8 Å². The lowest BCUT2D eigenvalue weighted by Crippen LogP contribution is -2.37. The van der Waals surface area contributed by atoms with Gasteiger partial charge in [0.25, 0.3) is 10.0 Å². The Morgan fingerprint density at radius 1 is 1.18 bits per heavy atom. The predicted octanol–water partition coefficient (Wildman–Crippen LogP) is 5.61. The minimum atomic E-state index is -4.17. The summed E-state index contributed by atoms with van der Waals surface area (Å²) in [5.41, 5.74) is 0.665. The number of furan rings is 1. The highest BCUT2D eigenvalue weighted by Crippen LogP contribution is 2.33. The van der Waals surface area contributed by atoms with E-state index in [0.717, 1.165) is 6.07 Å². The van der Waals surface area contributed by atoms with Crippen LogP contribution in [0.4, 0.5) is 15.8 Å². The number of hydrogen-bond donors (Lipinski definition) is 2. The van der Waals surface area contributed by atoms with E-state index in [1.165, 1.54) is 36.4 Å². The molecule has 1 heterocycles. The molecule has 1 amide bonds. The Morgan fingerprint density at radius 2 is 1.91 bits per heavy atom. The van der Waals surface area contributed by atoms with Gasteiger partial charge in [-0.2, -0.15) is 3.64 Å². The maximum atomic E-state index is 14.7. The van der Waals surface area contributed by atoms with Crippen molar-refractivity contribution in [2.45, 2.75) is 31.6 Å². The summed E-state index contributed by atoms with van der Waals surface area (Å²) >= 11 is 1.82. The number of hydrazine groups is 1. The summed E-state index contributed by atoms with van der Waals surface area (Å²) in [7, 11) is -2.78. The van der Waals surface area contributed by atoms with Crippen LogP contribution in [0.1, 0.15) is 25.5 Å². The van der Waals surface area contributed by atoms with Crippen molar-refractivity contribution in [2.75, 3.05) is 16.8 Å². The van der Waals surface area contributed by atoms with Gasteiger partial charge in [0.2, 0.25) is 5.91 Å². The topological polar surface area (TPSA) is 101 Å². The summed E-state index contributed by atoms with van der Waals surface area (Å²) in [5, 5.41) is 1.31. The molecule has 3 rings (SSSR count). The maximum Gasteiger partial charge on any atom is 0.262 e. The molecule has 0 spiro atoms. The normalized spacial score (nSPS) is 11.0. The first-order valence-electron chi connectivity index (χ1n) is 9.96. The van der Waals surface area contributed by atoms with Gasteiger partial charge in [0, 0.05) is 29.3 Å². The van der Waals surface area contributed by atoms with Crippen LogP contribution in [-0.2, 0) is 14.8 Å². The van der Waals surface area contributed by atoms with Crippen LogP contribution in [0.25, 0.3) is 11.3 Å². The summed E-state index contributed by atoms with van der Waals surface area (Å²) in [5.74, 6) is 0.235. The van der Waals surface area contributed by atoms with Crippen LogP contribution in [0.5, 0.6) is 5.75 Å². The number of carbonyl (C=O) groups is 1. The van der Waals surface area contributed by atoms with Gasteiger partial charge < -0.3 is 9.15 Å². The molecule has 0 unspecified atom stereocenters. The molecule has 2 N–H and O–H groups in total. The molecule has 184 valence electrons. The number of anilines is 2. The van der Waals surface area contributed by atoms with Crippen molar-refractivity contribution in [1.29, 1.82) is 0 Å². The lowest BCUT2D eigenvalue weighted by Gasteiger charge is -2.22. The van der Waals surface area contributed by atoms with E-state index in [0.29, 0.717) is 30.0 Å². The molecule has 8 nitrogen and oxygen atoms in total. The number of ether oxygens (including phenoxy) is 1. The summed E-state index contributed by atoms with van der Waals surface area (Å²) < 4.78 is 56.6. The molecule has 0 saturated heterocycles. The molecular weight excluding hydrogens is 600 g/mol. The lowest BCUT2D eigenvalue weighted by molar-refractivity contribution is -0.118. The summed E-state index contributed by atoms with van der Waals surface area (Å²) in [6.45, 7) is 3.62. The minimum Gasteiger partial charge on any atom is -0.495 e. The van der Waals surface area contributed by atoms with Crippen LogP contribution in [0.2, 0.25) is 0 Å². The van der Waals surface area contributed by atoms with E-state index in [1.54, 1.807) is 25.1 Å². The molecule has 34 heavy (non-hydrogen) atoms. The Morgan fingerprint density at radius 3 is 2.47 bits per heavy atom. The molecule has 0 saturated carbocycles. The van der Waals surface area contributed by atoms with E-state index in [-0.39, 0.29) is 40.2 Å². The number of methoxy groups -OCH3 is 1. The van der Waals surface area contributed by atoms with Crippen LogP contribution in [0, 0.1) is 12.7 Å². The molecule has 0 aliphatic heterocycles. The van der Waals surface area contributed by atoms with Crippen molar-refractivity contribution < 1.29 is 26.8 Å². The molecule has 0 aliphatic carbocycles. The third kappa shape index (κ3) is 6.20. The van der Waals surface area contributed by atoms with Crippen molar-refractivity contribution in [2.24, 2.45) is 0 Å². The largest absolute Gasteiger partial charge is 0.495 e. The number of aryl methyl sites for hydroxylation is 1. The fraction of sp³-hybridized carbons (Fsp3) is 0.227. The van der Waals surface area contributed by atoms with Gasteiger partial charge in [-0.15, -0.1) is 12.4 Å². The molecule has 3 aromatic rings. The van der Waals surface area contributed by atoms with Crippen LogP contribution in [0.15, 0.2) is 57.8 Å². The first-order valence-corrected chi connectivity index (χ1v) is 12.5. The standard InChI is InChI=1S/C22H23FIN3O5S.ClH/c1-4-5-22(28)27(26-24)15-7-11-21(31-3)19(12-15)25-33(29,30)16-8-9-17(18(23)13-16)20-10-6-14(2)32-20;/h6-13,25-26H,4-5H2,1-3H3;1H. The van der Waals surface area contributed by atoms with Gasteiger partial charge in [-0.25, -0.2) is 17.8 Å². The average molecular weight is 624 g/mol. The highest BCUT2D eigenvalue weighted by atomic mass is 127. The van der Waals surface area contributed by atoms with Gasteiger partial charge in [0.05, 0.1) is 28.9 Å². The molecule has 0 radical (unpaired) electrons. The first kappa shape index (κ1) is 27.9. The number of amides is 1. The summed E-state index contributed by atoms with van der Waals surface area (Å²) in [6.07, 6.45) is 0.965. The molecule has 0 bridgehead atoms. The Labute approximate surface area is 217 Å². The molecule has 0 atom stereocenters. The molecule has 0 fully saturated rings. The van der Waals surface area contributed by atoms with Crippen molar-refractivity contribution in [3.05, 3.63) is 60.1 Å². The average Bonchev–Trinajstić information content (AvgIpc) is 3.20. The van der Waals surface area contributed by atoms with E-state index >= 15 is 0 Å². The van der Waals surface area contributed by atoms with Crippen molar-refractivity contribution in [3.8, 4) is 17.1 Å². The predicted molar refractivity (Wildman–Crippen MR) is 139 cm³/mol. The van der Waals surface area contributed by atoms with Gasteiger partial charge in [0.15, 0.2) is 0 Å².